The maximum Gasteiger partial charge on any atom is 0.257 e. The molecule has 0 radical (unpaired) electrons. The SMILES string of the molecule is CC(=O)Nc1cccc(NC(=O)c2cncc(N(C)Cc3ccccc3)c2)c1. The minimum Gasteiger partial charge on any atom is -0.369 e. The number of nitrogens with zero attached hydrogens (tertiary/aromatic N) is 2. The number of anilines is 3. The lowest BCUT2D eigenvalue weighted by molar-refractivity contribution is -0.114. The number of amides is 2. The molecule has 6 heteroatoms. The van der Waals surface area contributed by atoms with Crippen LogP contribution >= 0.6 is 0 Å². The summed E-state index contributed by atoms with van der Waals surface area (Å²) in [7, 11) is 1.96. The Labute approximate surface area is 164 Å². The van der Waals surface area contributed by atoms with Crippen molar-refractivity contribution in [3.05, 3.63) is 84.2 Å². The lowest BCUT2D eigenvalue weighted by atomic mass is 10.2. The molecule has 142 valence electrons. The fraction of sp³-hybridized carbons (Fsp3) is 0.136. The highest BCUT2D eigenvalue weighted by molar-refractivity contribution is 6.05. The number of carbonyl (C=O) groups excluding carboxylic acids is 2. The number of aromatic nitrogens is 1. The van der Waals surface area contributed by atoms with Gasteiger partial charge in [0.1, 0.15) is 0 Å². The molecule has 1 heterocycles. The van der Waals surface area contributed by atoms with E-state index in [1.165, 1.54) is 18.7 Å². The molecule has 1 aromatic heterocycles. The fourth-order valence-corrected chi connectivity index (χ4v) is 2.79. The Morgan fingerprint density at radius 2 is 1.64 bits per heavy atom. The van der Waals surface area contributed by atoms with Gasteiger partial charge >= 0.3 is 0 Å². The molecule has 2 aromatic carbocycles. The van der Waals surface area contributed by atoms with Crippen molar-refractivity contribution in [1.82, 2.24) is 4.98 Å². The first kappa shape index (κ1) is 19.1. The van der Waals surface area contributed by atoms with Gasteiger partial charge in [0, 0.05) is 38.1 Å². The molecule has 0 atom stereocenters. The van der Waals surface area contributed by atoms with Crippen LogP contribution in [0.4, 0.5) is 17.1 Å². The molecule has 0 saturated carbocycles. The zero-order chi connectivity index (χ0) is 19.9. The maximum absolute atomic E-state index is 12.6. The average Bonchev–Trinajstić information content (AvgIpc) is 2.68. The van der Waals surface area contributed by atoms with Gasteiger partial charge in [0.05, 0.1) is 17.4 Å². The highest BCUT2D eigenvalue weighted by Crippen LogP contribution is 2.19. The second kappa shape index (κ2) is 8.81. The highest BCUT2D eigenvalue weighted by Gasteiger charge is 2.10. The third-order valence-electron chi connectivity index (χ3n) is 4.13. The van der Waals surface area contributed by atoms with Crippen LogP contribution in [0.15, 0.2) is 73.1 Å². The Bertz CT molecular complexity index is 973. The first-order valence-electron chi connectivity index (χ1n) is 8.90. The lowest BCUT2D eigenvalue weighted by Crippen LogP contribution is -2.18. The Morgan fingerprint density at radius 3 is 2.36 bits per heavy atom. The van der Waals surface area contributed by atoms with Gasteiger partial charge in [0.2, 0.25) is 5.91 Å². The summed E-state index contributed by atoms with van der Waals surface area (Å²) in [6, 6.07) is 18.9. The molecule has 0 spiro atoms. The van der Waals surface area contributed by atoms with Gasteiger partial charge in [0.25, 0.3) is 5.91 Å². The Hall–Kier alpha value is -3.67. The smallest absolute Gasteiger partial charge is 0.257 e. The molecule has 28 heavy (non-hydrogen) atoms. The number of carbonyl (C=O) groups is 2. The van der Waals surface area contributed by atoms with Crippen LogP contribution in [0.25, 0.3) is 0 Å². The van der Waals surface area contributed by atoms with Crippen molar-refractivity contribution in [3.63, 3.8) is 0 Å². The van der Waals surface area contributed by atoms with Gasteiger partial charge in [-0.25, -0.2) is 0 Å². The van der Waals surface area contributed by atoms with E-state index in [4.69, 9.17) is 0 Å². The number of pyridine rings is 1. The summed E-state index contributed by atoms with van der Waals surface area (Å²) in [4.78, 5) is 30.1. The van der Waals surface area contributed by atoms with Gasteiger partial charge in [-0.2, -0.15) is 0 Å². The van der Waals surface area contributed by atoms with E-state index in [0.717, 1.165) is 5.69 Å². The zero-order valence-corrected chi connectivity index (χ0v) is 15.8. The van der Waals surface area contributed by atoms with Gasteiger partial charge in [-0.05, 0) is 29.8 Å². The summed E-state index contributed by atoms with van der Waals surface area (Å²) >= 11 is 0. The molecule has 0 bridgehead atoms. The van der Waals surface area contributed by atoms with Crippen LogP contribution in [-0.4, -0.2) is 23.8 Å². The van der Waals surface area contributed by atoms with Crippen molar-refractivity contribution in [2.75, 3.05) is 22.6 Å². The molecule has 3 aromatic rings. The monoisotopic (exact) mass is 374 g/mol. The van der Waals surface area contributed by atoms with Gasteiger partial charge < -0.3 is 15.5 Å². The predicted molar refractivity (Wildman–Crippen MR) is 111 cm³/mol. The van der Waals surface area contributed by atoms with Crippen LogP contribution in [-0.2, 0) is 11.3 Å². The highest BCUT2D eigenvalue weighted by atomic mass is 16.2. The van der Waals surface area contributed by atoms with Crippen LogP contribution in [0.1, 0.15) is 22.8 Å². The van der Waals surface area contributed by atoms with Crippen molar-refractivity contribution >= 4 is 28.9 Å². The molecule has 3 rings (SSSR count). The van der Waals surface area contributed by atoms with Crippen LogP contribution in [0.3, 0.4) is 0 Å². The van der Waals surface area contributed by atoms with Crippen molar-refractivity contribution in [2.45, 2.75) is 13.5 Å². The van der Waals surface area contributed by atoms with E-state index in [0.29, 0.717) is 23.5 Å². The summed E-state index contributed by atoms with van der Waals surface area (Å²) in [6.07, 6.45) is 3.27. The first-order chi connectivity index (χ1) is 13.5. The van der Waals surface area contributed by atoms with E-state index in [-0.39, 0.29) is 11.8 Å². The summed E-state index contributed by atoms with van der Waals surface area (Å²) in [5.74, 6) is -0.427. The molecule has 2 amide bonds. The molecule has 6 nitrogen and oxygen atoms in total. The molecular weight excluding hydrogens is 352 g/mol. The first-order valence-corrected chi connectivity index (χ1v) is 8.90. The molecule has 0 aliphatic rings. The maximum atomic E-state index is 12.6. The van der Waals surface area contributed by atoms with Crippen molar-refractivity contribution in [1.29, 1.82) is 0 Å². The number of nitrogens with one attached hydrogen (secondary N) is 2. The molecule has 0 aliphatic carbocycles. The summed E-state index contributed by atoms with van der Waals surface area (Å²) in [5.41, 5.74) is 3.71. The molecular formula is C22H22N4O2. The lowest BCUT2D eigenvalue weighted by Gasteiger charge is -2.19. The summed E-state index contributed by atoms with van der Waals surface area (Å²) in [5, 5.41) is 5.54. The Kier molecular flexibility index (Phi) is 6.01. The van der Waals surface area contributed by atoms with E-state index in [1.54, 1.807) is 30.5 Å². The number of hydrogen-bond donors (Lipinski definition) is 2. The number of hydrogen-bond acceptors (Lipinski definition) is 4. The summed E-state index contributed by atoms with van der Waals surface area (Å²) < 4.78 is 0. The largest absolute Gasteiger partial charge is 0.369 e. The Balaban J connectivity index is 1.71. The molecule has 0 unspecified atom stereocenters. The fourth-order valence-electron chi connectivity index (χ4n) is 2.79. The topological polar surface area (TPSA) is 74.3 Å². The number of rotatable bonds is 6. The molecule has 2 N–H and O–H groups in total. The van der Waals surface area contributed by atoms with Crippen molar-refractivity contribution in [3.8, 4) is 0 Å². The average molecular weight is 374 g/mol. The number of benzene rings is 2. The zero-order valence-electron chi connectivity index (χ0n) is 15.8. The third-order valence-corrected chi connectivity index (χ3v) is 4.13. The standard InChI is InChI=1S/C22H22N4O2/c1-16(27)24-19-9-6-10-20(12-19)25-22(28)18-11-21(14-23-13-18)26(2)15-17-7-4-3-5-8-17/h3-14H,15H2,1-2H3,(H,24,27)(H,25,28). The van der Waals surface area contributed by atoms with E-state index >= 15 is 0 Å². The second-order valence-electron chi connectivity index (χ2n) is 6.49. The van der Waals surface area contributed by atoms with Crippen molar-refractivity contribution < 1.29 is 9.59 Å². The quantitative estimate of drug-likeness (QED) is 0.686. The minimum absolute atomic E-state index is 0.165. The van der Waals surface area contributed by atoms with E-state index in [1.807, 2.05) is 36.2 Å². The van der Waals surface area contributed by atoms with Crippen LogP contribution < -0.4 is 15.5 Å². The van der Waals surface area contributed by atoms with Crippen molar-refractivity contribution in [2.24, 2.45) is 0 Å². The third kappa shape index (κ3) is 5.17. The Morgan fingerprint density at radius 1 is 0.929 bits per heavy atom. The van der Waals surface area contributed by atoms with Gasteiger partial charge in [-0.3, -0.25) is 14.6 Å². The normalized spacial score (nSPS) is 10.2. The van der Waals surface area contributed by atoms with Crippen LogP contribution in [0, 0.1) is 0 Å². The van der Waals surface area contributed by atoms with Crippen LogP contribution in [0.2, 0.25) is 0 Å². The molecule has 0 saturated heterocycles. The summed E-state index contributed by atoms with van der Waals surface area (Å²) in [6.45, 7) is 2.15. The van der Waals surface area contributed by atoms with Crippen LogP contribution in [0.5, 0.6) is 0 Å². The molecule has 0 fully saturated rings. The van der Waals surface area contributed by atoms with Gasteiger partial charge in [0.15, 0.2) is 0 Å². The van der Waals surface area contributed by atoms with E-state index < -0.39 is 0 Å². The predicted octanol–water partition coefficient (Wildman–Crippen LogP) is 3.93. The van der Waals surface area contributed by atoms with E-state index in [9.17, 15) is 9.59 Å². The van der Waals surface area contributed by atoms with Gasteiger partial charge in [-0.15, -0.1) is 0 Å². The minimum atomic E-state index is -0.262. The van der Waals surface area contributed by atoms with E-state index in [2.05, 4.69) is 27.8 Å². The van der Waals surface area contributed by atoms with Gasteiger partial charge in [-0.1, -0.05) is 36.4 Å². The second-order valence-corrected chi connectivity index (χ2v) is 6.49. The molecule has 0 aliphatic heterocycles.